The van der Waals surface area contributed by atoms with Crippen LogP contribution in [0.5, 0.6) is 0 Å². The van der Waals surface area contributed by atoms with Crippen LogP contribution in [0.25, 0.3) is 0 Å². The topological polar surface area (TPSA) is 92.4 Å². The van der Waals surface area contributed by atoms with Crippen molar-refractivity contribution < 1.29 is 14.7 Å². The Morgan fingerprint density at radius 3 is 2.16 bits per heavy atom. The minimum Gasteiger partial charge on any atom is -0.480 e. The number of carbonyl (C=O) groups excluding carboxylic acids is 1. The minimum absolute atomic E-state index is 0.0425. The molecule has 1 amide bonds. The average Bonchev–Trinajstić information content (AvgIpc) is 2.54. The molecule has 8 heteroatoms. The summed E-state index contributed by atoms with van der Waals surface area (Å²) in [7, 11) is 0. The van der Waals surface area contributed by atoms with Gasteiger partial charge in [-0.3, -0.25) is 4.79 Å². The molecule has 0 aromatic heterocycles. The number of carboxylic acid groups (broad SMARTS) is 1. The van der Waals surface area contributed by atoms with E-state index in [1.54, 1.807) is 30.3 Å². The average molecular weight is 397 g/mol. The van der Waals surface area contributed by atoms with Gasteiger partial charge in [-0.15, -0.1) is 0 Å². The number of carbonyl (C=O) groups is 2. The molecule has 0 unspecified atom stereocenters. The van der Waals surface area contributed by atoms with Crippen molar-refractivity contribution in [2.75, 3.05) is 0 Å². The van der Waals surface area contributed by atoms with E-state index in [0.717, 1.165) is 0 Å². The van der Waals surface area contributed by atoms with Gasteiger partial charge in [-0.1, -0.05) is 65.8 Å². The van der Waals surface area contributed by atoms with E-state index in [2.05, 4.69) is 5.32 Å². The molecule has 0 radical (unpaired) electrons. The summed E-state index contributed by atoms with van der Waals surface area (Å²) in [6.07, 6.45) is 0.0841. The Kier molecular flexibility index (Phi) is 6.36. The van der Waals surface area contributed by atoms with Crippen LogP contribution in [-0.4, -0.2) is 28.0 Å². The second kappa shape index (κ2) is 8.29. The van der Waals surface area contributed by atoms with Gasteiger partial charge in [-0.2, -0.15) is 0 Å². The van der Waals surface area contributed by atoms with E-state index >= 15 is 0 Å². The molecule has 0 bridgehead atoms. The Balaban J connectivity index is 2.17. The Morgan fingerprint density at radius 1 is 1.12 bits per heavy atom. The van der Waals surface area contributed by atoms with Crippen LogP contribution in [0.2, 0.25) is 10.0 Å². The molecule has 0 spiro atoms. The van der Waals surface area contributed by atoms with Crippen molar-refractivity contribution in [2.24, 2.45) is 5.73 Å². The van der Waals surface area contributed by atoms with Crippen LogP contribution in [0.1, 0.15) is 21.5 Å². The Labute approximate surface area is 159 Å². The molecule has 0 aliphatic heterocycles. The molecule has 2 aromatic rings. The van der Waals surface area contributed by atoms with Gasteiger partial charge in [-0.25, -0.2) is 4.79 Å². The zero-order chi connectivity index (χ0) is 18.6. The predicted molar refractivity (Wildman–Crippen MR) is 101 cm³/mol. The van der Waals surface area contributed by atoms with E-state index in [9.17, 15) is 14.7 Å². The van der Waals surface area contributed by atoms with E-state index in [4.69, 9.17) is 41.2 Å². The molecule has 5 nitrogen and oxygen atoms in total. The van der Waals surface area contributed by atoms with Crippen LogP contribution in [-0.2, 0) is 11.2 Å². The third-order valence-corrected chi connectivity index (χ3v) is 4.34. The molecule has 2 aromatic carbocycles. The van der Waals surface area contributed by atoms with Crippen LogP contribution in [0.4, 0.5) is 0 Å². The third-order valence-electron chi connectivity index (χ3n) is 3.47. The summed E-state index contributed by atoms with van der Waals surface area (Å²) in [5.74, 6) is -1.82. The van der Waals surface area contributed by atoms with E-state index in [1.165, 1.54) is 12.1 Å². The first-order valence-corrected chi connectivity index (χ1v) is 8.32. The maximum Gasteiger partial charge on any atom is 0.326 e. The molecule has 4 N–H and O–H groups in total. The second-order valence-electron chi connectivity index (χ2n) is 5.23. The van der Waals surface area contributed by atoms with Crippen molar-refractivity contribution >= 4 is 52.3 Å². The number of thiocarbonyl (C=S) groups is 1. The number of hydrogen-bond acceptors (Lipinski definition) is 3. The second-order valence-corrected chi connectivity index (χ2v) is 6.48. The molecule has 1 atom stereocenters. The lowest BCUT2D eigenvalue weighted by Gasteiger charge is -2.16. The van der Waals surface area contributed by atoms with Gasteiger partial charge in [0, 0.05) is 12.0 Å². The van der Waals surface area contributed by atoms with Crippen molar-refractivity contribution in [3.8, 4) is 0 Å². The van der Waals surface area contributed by atoms with Crippen molar-refractivity contribution in [2.45, 2.75) is 12.5 Å². The lowest BCUT2D eigenvalue weighted by atomic mass is 10.0. The zero-order valence-electron chi connectivity index (χ0n) is 12.8. The fraction of sp³-hybridized carbons (Fsp3) is 0.118. The summed E-state index contributed by atoms with van der Waals surface area (Å²) in [4.78, 5) is 24.1. The summed E-state index contributed by atoms with van der Waals surface area (Å²) in [5.41, 5.74) is 6.95. The number of amides is 1. The maximum atomic E-state index is 12.4. The Morgan fingerprint density at radius 2 is 1.68 bits per heavy atom. The number of nitrogens with one attached hydrogen (secondary N) is 1. The fourth-order valence-electron chi connectivity index (χ4n) is 2.19. The molecule has 0 heterocycles. The summed E-state index contributed by atoms with van der Waals surface area (Å²) in [6.45, 7) is 0. The molecule has 0 saturated carbocycles. The monoisotopic (exact) mass is 396 g/mol. The smallest absolute Gasteiger partial charge is 0.326 e. The number of carboxylic acids is 1. The summed E-state index contributed by atoms with van der Waals surface area (Å²) in [6, 6.07) is 10.3. The quantitative estimate of drug-likeness (QED) is 0.652. The molecular formula is C17H14Cl2N2O3S. The van der Waals surface area contributed by atoms with E-state index < -0.39 is 17.9 Å². The van der Waals surface area contributed by atoms with Gasteiger partial charge in [0.15, 0.2) is 0 Å². The molecule has 0 aliphatic carbocycles. The van der Waals surface area contributed by atoms with Gasteiger partial charge in [0.2, 0.25) is 0 Å². The fourth-order valence-corrected chi connectivity index (χ4v) is 2.89. The first-order valence-electron chi connectivity index (χ1n) is 7.16. The van der Waals surface area contributed by atoms with Gasteiger partial charge in [0.05, 0.1) is 15.6 Å². The van der Waals surface area contributed by atoms with Gasteiger partial charge >= 0.3 is 5.97 Å². The molecule has 2 rings (SSSR count). The summed E-state index contributed by atoms with van der Waals surface area (Å²) < 4.78 is 0. The lowest BCUT2D eigenvalue weighted by molar-refractivity contribution is -0.139. The highest BCUT2D eigenvalue weighted by molar-refractivity contribution is 7.80. The number of aliphatic carboxylic acids is 1. The first kappa shape index (κ1) is 19.2. The summed E-state index contributed by atoms with van der Waals surface area (Å²) >= 11 is 16.8. The van der Waals surface area contributed by atoms with Crippen molar-refractivity contribution in [3.63, 3.8) is 0 Å². The van der Waals surface area contributed by atoms with Crippen LogP contribution in [0.3, 0.4) is 0 Å². The predicted octanol–water partition coefficient (Wildman–Crippen LogP) is 3.05. The molecule has 0 aliphatic rings. The standard InChI is InChI=1S/C17H14Cl2N2O3S/c18-11-2-1-3-12(19)14(11)16(22)21-13(17(23)24)8-9-4-6-10(7-5-9)15(20)25/h1-7,13H,8H2,(H2,20,25)(H,21,22)(H,23,24)/t13-/m0/s1. The van der Waals surface area contributed by atoms with E-state index in [-0.39, 0.29) is 27.0 Å². The number of halogens is 2. The summed E-state index contributed by atoms with van der Waals surface area (Å²) in [5, 5.41) is 12.1. The Bertz CT molecular complexity index is 805. The number of benzene rings is 2. The number of rotatable bonds is 6. The van der Waals surface area contributed by atoms with Crippen LogP contribution < -0.4 is 11.1 Å². The van der Waals surface area contributed by atoms with Crippen molar-refractivity contribution in [3.05, 3.63) is 69.2 Å². The molecule has 0 saturated heterocycles. The van der Waals surface area contributed by atoms with Crippen molar-refractivity contribution in [1.82, 2.24) is 5.32 Å². The highest BCUT2D eigenvalue weighted by Crippen LogP contribution is 2.24. The van der Waals surface area contributed by atoms with Crippen LogP contribution >= 0.6 is 35.4 Å². The Hall–Kier alpha value is -2.15. The molecule has 0 fully saturated rings. The normalized spacial score (nSPS) is 11.6. The van der Waals surface area contributed by atoms with Gasteiger partial charge < -0.3 is 16.2 Å². The number of nitrogens with two attached hydrogens (primary N) is 1. The van der Waals surface area contributed by atoms with Gasteiger partial charge in [-0.05, 0) is 17.7 Å². The largest absolute Gasteiger partial charge is 0.480 e. The SMILES string of the molecule is NC(=S)c1ccc(C[C@H](NC(=O)c2c(Cl)cccc2Cl)C(=O)O)cc1. The lowest BCUT2D eigenvalue weighted by Crippen LogP contribution is -2.42. The number of hydrogen-bond donors (Lipinski definition) is 3. The first-order chi connectivity index (χ1) is 11.8. The van der Waals surface area contributed by atoms with Crippen LogP contribution in [0, 0.1) is 0 Å². The highest BCUT2D eigenvalue weighted by Gasteiger charge is 2.23. The molecular weight excluding hydrogens is 383 g/mol. The highest BCUT2D eigenvalue weighted by atomic mass is 35.5. The van der Waals surface area contributed by atoms with Gasteiger partial charge in [0.1, 0.15) is 11.0 Å². The van der Waals surface area contributed by atoms with Crippen LogP contribution in [0.15, 0.2) is 42.5 Å². The maximum absolute atomic E-state index is 12.4. The zero-order valence-corrected chi connectivity index (χ0v) is 15.2. The van der Waals surface area contributed by atoms with E-state index in [1.807, 2.05) is 0 Å². The molecule has 25 heavy (non-hydrogen) atoms. The molecule has 130 valence electrons. The van der Waals surface area contributed by atoms with E-state index in [0.29, 0.717) is 11.1 Å². The minimum atomic E-state index is -1.17. The van der Waals surface area contributed by atoms with Gasteiger partial charge in [0.25, 0.3) is 5.91 Å². The van der Waals surface area contributed by atoms with Crippen molar-refractivity contribution in [1.29, 1.82) is 0 Å². The third kappa shape index (κ3) is 4.92.